The minimum atomic E-state index is -1.12. The van der Waals surface area contributed by atoms with E-state index in [4.69, 9.17) is 4.74 Å². The van der Waals surface area contributed by atoms with Crippen molar-refractivity contribution >= 4 is 11.6 Å². The topological polar surface area (TPSA) is 89.1 Å². The maximum Gasteiger partial charge on any atom is 0.350 e. The Labute approximate surface area is 167 Å². The Bertz CT molecular complexity index is 1060. The van der Waals surface area contributed by atoms with Crippen LogP contribution in [0, 0.1) is 0 Å². The van der Waals surface area contributed by atoms with Gasteiger partial charge in [0.2, 0.25) is 5.91 Å². The third-order valence-electron chi connectivity index (χ3n) is 5.47. The summed E-state index contributed by atoms with van der Waals surface area (Å²) in [6.45, 7) is 2.53. The van der Waals surface area contributed by atoms with E-state index in [1.807, 2.05) is 37.3 Å². The summed E-state index contributed by atoms with van der Waals surface area (Å²) in [6.07, 6.45) is 1.71. The van der Waals surface area contributed by atoms with Gasteiger partial charge in [-0.05, 0) is 24.6 Å². The Morgan fingerprint density at radius 1 is 1.28 bits per heavy atom. The molecule has 0 saturated carbocycles. The van der Waals surface area contributed by atoms with Gasteiger partial charge >= 0.3 is 5.69 Å². The molecule has 1 aliphatic rings. The molecule has 8 nitrogen and oxygen atoms in total. The molecule has 152 valence electrons. The lowest BCUT2D eigenvalue weighted by Gasteiger charge is -2.33. The lowest BCUT2D eigenvalue weighted by atomic mass is 9.95. The fraction of sp³-hybridized carbons (Fsp3) is 0.381. The number of ether oxygens (including phenoxy) is 1. The average molecular weight is 396 g/mol. The fourth-order valence-corrected chi connectivity index (χ4v) is 3.64. The van der Waals surface area contributed by atoms with Crippen molar-refractivity contribution in [1.82, 2.24) is 19.1 Å². The van der Waals surface area contributed by atoms with Gasteiger partial charge in [0.25, 0.3) is 0 Å². The summed E-state index contributed by atoms with van der Waals surface area (Å²) in [5.41, 5.74) is -0.0616. The van der Waals surface area contributed by atoms with Gasteiger partial charge in [0.05, 0.1) is 12.6 Å². The van der Waals surface area contributed by atoms with Crippen LogP contribution >= 0.6 is 0 Å². The number of aromatic nitrogens is 3. The number of carbonyl (C=O) groups is 1. The first-order chi connectivity index (χ1) is 14.0. The zero-order valence-electron chi connectivity index (χ0n) is 16.3. The number of pyridine rings is 1. The first kappa shape index (κ1) is 19.4. The molecule has 3 aromatic rings. The Morgan fingerprint density at radius 3 is 2.72 bits per heavy atom. The smallest absolute Gasteiger partial charge is 0.350 e. The van der Waals surface area contributed by atoms with Crippen molar-refractivity contribution in [2.24, 2.45) is 0 Å². The van der Waals surface area contributed by atoms with Crippen molar-refractivity contribution in [2.75, 3.05) is 13.2 Å². The van der Waals surface area contributed by atoms with Crippen LogP contribution in [0.15, 0.2) is 59.5 Å². The van der Waals surface area contributed by atoms with Crippen LogP contribution in [0.4, 0.5) is 0 Å². The van der Waals surface area contributed by atoms with Crippen LogP contribution < -0.4 is 5.69 Å². The lowest BCUT2D eigenvalue weighted by molar-refractivity contribution is -0.138. The van der Waals surface area contributed by atoms with Gasteiger partial charge in [-0.25, -0.2) is 9.48 Å². The molecule has 0 unspecified atom stereocenters. The summed E-state index contributed by atoms with van der Waals surface area (Å²) in [6, 6.07) is 14.8. The first-order valence-corrected chi connectivity index (χ1v) is 9.66. The zero-order chi connectivity index (χ0) is 20.4. The largest absolute Gasteiger partial charge is 0.385 e. The van der Waals surface area contributed by atoms with Crippen molar-refractivity contribution in [3.63, 3.8) is 0 Å². The number of hydrogen-bond donors (Lipinski definition) is 1. The Kier molecular flexibility index (Phi) is 5.21. The minimum absolute atomic E-state index is 0.129. The number of aliphatic hydroxyl groups is 1. The predicted octanol–water partition coefficient (Wildman–Crippen LogP) is 1.06. The van der Waals surface area contributed by atoms with Gasteiger partial charge < -0.3 is 14.7 Å². The third kappa shape index (κ3) is 3.94. The molecule has 1 aliphatic heterocycles. The van der Waals surface area contributed by atoms with Crippen molar-refractivity contribution < 1.29 is 14.6 Å². The fourth-order valence-electron chi connectivity index (χ4n) is 3.64. The van der Waals surface area contributed by atoms with E-state index in [2.05, 4.69) is 5.10 Å². The predicted molar refractivity (Wildman–Crippen MR) is 106 cm³/mol. The summed E-state index contributed by atoms with van der Waals surface area (Å²) in [5, 5.41) is 15.2. The highest BCUT2D eigenvalue weighted by atomic mass is 16.5. The maximum absolute atomic E-state index is 13.1. The van der Waals surface area contributed by atoms with Gasteiger partial charge in [0, 0.05) is 25.8 Å². The first-order valence-electron chi connectivity index (χ1n) is 9.66. The van der Waals surface area contributed by atoms with Gasteiger partial charge in [-0.1, -0.05) is 36.4 Å². The van der Waals surface area contributed by atoms with E-state index < -0.39 is 5.60 Å². The summed E-state index contributed by atoms with van der Waals surface area (Å²) in [4.78, 5) is 27.3. The van der Waals surface area contributed by atoms with E-state index in [1.165, 1.54) is 4.40 Å². The van der Waals surface area contributed by atoms with Gasteiger partial charge in [-0.3, -0.25) is 9.20 Å². The quantitative estimate of drug-likeness (QED) is 0.673. The number of amides is 1. The van der Waals surface area contributed by atoms with Crippen LogP contribution in [-0.4, -0.2) is 55.0 Å². The molecular formula is C21H24N4O4. The minimum Gasteiger partial charge on any atom is -0.385 e. The van der Waals surface area contributed by atoms with E-state index in [0.717, 1.165) is 10.2 Å². The second-order valence-electron chi connectivity index (χ2n) is 7.47. The highest BCUT2D eigenvalue weighted by molar-refractivity contribution is 5.76. The molecule has 2 aromatic heterocycles. The monoisotopic (exact) mass is 396 g/mol. The van der Waals surface area contributed by atoms with Crippen molar-refractivity contribution in [2.45, 2.75) is 38.1 Å². The number of hydrogen-bond acceptors (Lipinski definition) is 5. The molecule has 1 N–H and O–H groups in total. The second kappa shape index (κ2) is 7.81. The molecule has 0 spiro atoms. The van der Waals surface area contributed by atoms with Crippen molar-refractivity contribution in [3.8, 4) is 0 Å². The molecule has 8 heteroatoms. The van der Waals surface area contributed by atoms with Crippen LogP contribution in [0.25, 0.3) is 5.65 Å². The maximum atomic E-state index is 13.1. The Morgan fingerprint density at radius 2 is 2.03 bits per heavy atom. The SMILES string of the molecule is C[C@H]1OCC[C@@]1(O)CN(Cc1ccccc1)C(=O)Cn1nc2ccccn2c1=O. The average Bonchev–Trinajstić information content (AvgIpc) is 3.21. The van der Waals surface area contributed by atoms with E-state index in [9.17, 15) is 14.7 Å². The Balaban J connectivity index is 1.59. The number of fused-ring (bicyclic) bond motifs is 1. The van der Waals surface area contributed by atoms with Gasteiger partial charge in [0.15, 0.2) is 5.65 Å². The molecule has 1 aromatic carbocycles. The summed E-state index contributed by atoms with van der Waals surface area (Å²) < 4.78 is 8.08. The van der Waals surface area contributed by atoms with Gasteiger partial charge in [-0.15, -0.1) is 5.10 Å². The van der Waals surface area contributed by atoms with E-state index in [-0.39, 0.29) is 30.8 Å². The molecular weight excluding hydrogens is 372 g/mol. The normalized spacial score (nSPS) is 21.5. The molecule has 0 bridgehead atoms. The zero-order valence-corrected chi connectivity index (χ0v) is 16.3. The van der Waals surface area contributed by atoms with E-state index >= 15 is 0 Å². The van der Waals surface area contributed by atoms with Crippen LogP contribution in [0.1, 0.15) is 18.9 Å². The highest BCUT2D eigenvalue weighted by Gasteiger charge is 2.42. The van der Waals surface area contributed by atoms with Crippen molar-refractivity contribution in [1.29, 1.82) is 0 Å². The number of nitrogens with zero attached hydrogens (tertiary/aromatic N) is 4. The van der Waals surface area contributed by atoms with Gasteiger partial charge in [0.1, 0.15) is 12.1 Å². The highest BCUT2D eigenvalue weighted by Crippen LogP contribution is 2.27. The standard InChI is InChI=1S/C21H24N4O4/c1-16-21(28,10-12-29-16)15-23(13-17-7-3-2-4-8-17)19(26)14-25-20(27)24-11-6-5-9-18(24)22-25/h2-9,11,16,28H,10,12-15H2,1H3/t16-,21-/m1/s1. The third-order valence-corrected chi connectivity index (χ3v) is 5.47. The van der Waals surface area contributed by atoms with Crippen molar-refractivity contribution in [3.05, 3.63) is 70.8 Å². The second-order valence-corrected chi connectivity index (χ2v) is 7.47. The molecule has 1 fully saturated rings. The molecule has 2 atom stereocenters. The number of benzene rings is 1. The molecule has 1 amide bonds. The number of carbonyl (C=O) groups excluding carboxylic acids is 1. The molecule has 4 rings (SSSR count). The van der Waals surface area contributed by atoms with Crippen LogP contribution in [0.3, 0.4) is 0 Å². The van der Waals surface area contributed by atoms with Crippen LogP contribution in [-0.2, 0) is 22.6 Å². The number of rotatable bonds is 6. The summed E-state index contributed by atoms with van der Waals surface area (Å²) in [5.74, 6) is -0.285. The van der Waals surface area contributed by atoms with Crippen LogP contribution in [0.2, 0.25) is 0 Å². The molecule has 0 aliphatic carbocycles. The summed E-state index contributed by atoms with van der Waals surface area (Å²) >= 11 is 0. The summed E-state index contributed by atoms with van der Waals surface area (Å²) in [7, 11) is 0. The van der Waals surface area contributed by atoms with E-state index in [1.54, 1.807) is 29.3 Å². The van der Waals surface area contributed by atoms with Gasteiger partial charge in [-0.2, -0.15) is 0 Å². The van der Waals surface area contributed by atoms with E-state index in [0.29, 0.717) is 25.2 Å². The Hall–Kier alpha value is -2.97. The molecule has 29 heavy (non-hydrogen) atoms. The lowest BCUT2D eigenvalue weighted by Crippen LogP contribution is -2.50. The molecule has 1 saturated heterocycles. The molecule has 3 heterocycles. The van der Waals surface area contributed by atoms with Crippen LogP contribution in [0.5, 0.6) is 0 Å². The molecule has 0 radical (unpaired) electrons.